The zero-order chi connectivity index (χ0) is 19.8. The van der Waals surface area contributed by atoms with Crippen molar-refractivity contribution in [2.75, 3.05) is 26.0 Å². The standard InChI is InChI=1S/C22H24N4O2/c1-26(16-17-8-4-3-5-9-17)22(27)19-12-13-21(25-24-19)23-15-14-18-10-6-7-11-20(18)28-2/h3-13H,14-16H2,1-2H3,(H,23,25). The van der Waals surface area contributed by atoms with Crippen LogP contribution in [0.2, 0.25) is 0 Å². The maximum absolute atomic E-state index is 12.5. The van der Waals surface area contributed by atoms with Crippen LogP contribution in [0.5, 0.6) is 5.75 Å². The average Bonchev–Trinajstić information content (AvgIpc) is 2.75. The van der Waals surface area contributed by atoms with Gasteiger partial charge in [-0.25, -0.2) is 0 Å². The number of hydrogen-bond donors (Lipinski definition) is 1. The van der Waals surface area contributed by atoms with Crippen molar-refractivity contribution < 1.29 is 9.53 Å². The average molecular weight is 376 g/mol. The van der Waals surface area contributed by atoms with E-state index in [-0.39, 0.29) is 5.91 Å². The first kappa shape index (κ1) is 19.4. The molecule has 0 atom stereocenters. The van der Waals surface area contributed by atoms with E-state index in [2.05, 4.69) is 15.5 Å². The van der Waals surface area contributed by atoms with Crippen LogP contribution in [-0.4, -0.2) is 41.7 Å². The van der Waals surface area contributed by atoms with Gasteiger partial charge >= 0.3 is 0 Å². The van der Waals surface area contributed by atoms with Crippen LogP contribution < -0.4 is 10.1 Å². The second-order valence-electron chi connectivity index (χ2n) is 6.44. The highest BCUT2D eigenvalue weighted by Crippen LogP contribution is 2.17. The van der Waals surface area contributed by atoms with E-state index in [1.165, 1.54) is 0 Å². The Bertz CT molecular complexity index is 898. The molecular formula is C22H24N4O2. The fourth-order valence-electron chi connectivity index (χ4n) is 2.90. The van der Waals surface area contributed by atoms with E-state index < -0.39 is 0 Å². The molecule has 28 heavy (non-hydrogen) atoms. The first-order valence-electron chi connectivity index (χ1n) is 9.16. The van der Waals surface area contributed by atoms with Crippen molar-refractivity contribution in [2.45, 2.75) is 13.0 Å². The molecule has 1 heterocycles. The maximum Gasteiger partial charge on any atom is 0.274 e. The lowest BCUT2D eigenvalue weighted by molar-refractivity contribution is 0.0778. The van der Waals surface area contributed by atoms with Gasteiger partial charge in [0, 0.05) is 20.1 Å². The first-order valence-corrected chi connectivity index (χ1v) is 9.16. The van der Waals surface area contributed by atoms with Gasteiger partial charge in [0.15, 0.2) is 5.69 Å². The van der Waals surface area contributed by atoms with E-state index in [1.807, 2.05) is 54.6 Å². The zero-order valence-electron chi connectivity index (χ0n) is 16.1. The number of para-hydroxylation sites is 1. The molecule has 1 aromatic heterocycles. The number of carbonyl (C=O) groups is 1. The number of benzene rings is 2. The summed E-state index contributed by atoms with van der Waals surface area (Å²) in [7, 11) is 3.43. The third-order valence-electron chi connectivity index (χ3n) is 4.39. The molecule has 0 aliphatic rings. The number of methoxy groups -OCH3 is 1. The Kier molecular flexibility index (Phi) is 6.57. The van der Waals surface area contributed by atoms with Crippen LogP contribution in [-0.2, 0) is 13.0 Å². The highest BCUT2D eigenvalue weighted by molar-refractivity contribution is 5.92. The van der Waals surface area contributed by atoms with Crippen LogP contribution >= 0.6 is 0 Å². The van der Waals surface area contributed by atoms with Crippen LogP contribution in [0.25, 0.3) is 0 Å². The summed E-state index contributed by atoms with van der Waals surface area (Å²) in [5.41, 5.74) is 2.52. The van der Waals surface area contributed by atoms with Crippen LogP contribution in [0.4, 0.5) is 5.82 Å². The van der Waals surface area contributed by atoms with Gasteiger partial charge in [-0.15, -0.1) is 10.2 Å². The van der Waals surface area contributed by atoms with Crippen molar-refractivity contribution in [2.24, 2.45) is 0 Å². The summed E-state index contributed by atoms with van der Waals surface area (Å²) in [6.45, 7) is 1.22. The monoisotopic (exact) mass is 376 g/mol. The van der Waals surface area contributed by atoms with Crippen LogP contribution in [0.3, 0.4) is 0 Å². The lowest BCUT2D eigenvalue weighted by Crippen LogP contribution is -2.27. The highest BCUT2D eigenvalue weighted by atomic mass is 16.5. The number of nitrogens with zero attached hydrogens (tertiary/aromatic N) is 3. The number of carbonyl (C=O) groups excluding carboxylic acids is 1. The van der Waals surface area contributed by atoms with E-state index in [1.54, 1.807) is 31.2 Å². The molecule has 3 aromatic rings. The second kappa shape index (κ2) is 9.50. The predicted octanol–water partition coefficient (Wildman–Crippen LogP) is 3.41. The summed E-state index contributed by atoms with van der Waals surface area (Å²) in [5.74, 6) is 1.35. The molecule has 0 aliphatic heterocycles. The van der Waals surface area contributed by atoms with Gasteiger partial charge in [-0.05, 0) is 35.7 Å². The highest BCUT2D eigenvalue weighted by Gasteiger charge is 2.14. The topological polar surface area (TPSA) is 67.3 Å². The van der Waals surface area contributed by atoms with Crippen LogP contribution in [0.1, 0.15) is 21.6 Å². The molecule has 0 unspecified atom stereocenters. The maximum atomic E-state index is 12.5. The third-order valence-corrected chi connectivity index (χ3v) is 4.39. The zero-order valence-corrected chi connectivity index (χ0v) is 16.1. The predicted molar refractivity (Wildman–Crippen MR) is 109 cm³/mol. The molecular weight excluding hydrogens is 352 g/mol. The Morgan fingerprint density at radius 1 is 1.00 bits per heavy atom. The fourth-order valence-corrected chi connectivity index (χ4v) is 2.90. The van der Waals surface area contributed by atoms with E-state index in [9.17, 15) is 4.79 Å². The lowest BCUT2D eigenvalue weighted by atomic mass is 10.1. The Morgan fingerprint density at radius 2 is 1.75 bits per heavy atom. The van der Waals surface area contributed by atoms with Gasteiger partial charge in [-0.2, -0.15) is 0 Å². The number of hydrogen-bond acceptors (Lipinski definition) is 5. The summed E-state index contributed by atoms with van der Waals surface area (Å²) < 4.78 is 5.36. The Labute approximate surface area is 165 Å². The number of ether oxygens (including phenoxy) is 1. The molecule has 0 radical (unpaired) electrons. The third kappa shape index (κ3) is 5.07. The van der Waals surface area contributed by atoms with Crippen molar-refractivity contribution in [3.63, 3.8) is 0 Å². The number of amides is 1. The molecule has 0 spiro atoms. The number of aromatic nitrogens is 2. The van der Waals surface area contributed by atoms with Gasteiger partial charge in [0.2, 0.25) is 0 Å². The van der Waals surface area contributed by atoms with E-state index in [0.29, 0.717) is 24.6 Å². The number of anilines is 1. The minimum Gasteiger partial charge on any atom is -0.496 e. The molecule has 0 bridgehead atoms. The van der Waals surface area contributed by atoms with Gasteiger partial charge in [0.05, 0.1) is 7.11 Å². The van der Waals surface area contributed by atoms with E-state index >= 15 is 0 Å². The molecule has 0 saturated carbocycles. The Hall–Kier alpha value is -3.41. The van der Waals surface area contributed by atoms with E-state index in [0.717, 1.165) is 23.3 Å². The first-order chi connectivity index (χ1) is 13.7. The van der Waals surface area contributed by atoms with Gasteiger partial charge < -0.3 is 15.0 Å². The molecule has 144 valence electrons. The molecule has 6 nitrogen and oxygen atoms in total. The van der Waals surface area contributed by atoms with Crippen molar-refractivity contribution >= 4 is 11.7 Å². The number of rotatable bonds is 8. The SMILES string of the molecule is COc1ccccc1CCNc1ccc(C(=O)N(C)Cc2ccccc2)nn1. The molecule has 0 saturated heterocycles. The van der Waals surface area contributed by atoms with Gasteiger partial charge in [-0.3, -0.25) is 4.79 Å². The molecule has 1 N–H and O–H groups in total. The van der Waals surface area contributed by atoms with Gasteiger partial charge in [-0.1, -0.05) is 48.5 Å². The second-order valence-corrected chi connectivity index (χ2v) is 6.44. The molecule has 0 fully saturated rings. The lowest BCUT2D eigenvalue weighted by Gasteiger charge is -2.16. The van der Waals surface area contributed by atoms with E-state index in [4.69, 9.17) is 4.74 Å². The quantitative estimate of drug-likeness (QED) is 0.653. The van der Waals surface area contributed by atoms with Crippen molar-refractivity contribution in [1.82, 2.24) is 15.1 Å². The van der Waals surface area contributed by atoms with Crippen LogP contribution in [0.15, 0.2) is 66.7 Å². The summed E-state index contributed by atoms with van der Waals surface area (Å²) in [6.07, 6.45) is 0.798. The summed E-state index contributed by atoms with van der Waals surface area (Å²) >= 11 is 0. The minimum absolute atomic E-state index is 0.156. The minimum atomic E-state index is -0.156. The van der Waals surface area contributed by atoms with Crippen molar-refractivity contribution in [3.8, 4) is 5.75 Å². The summed E-state index contributed by atoms with van der Waals surface area (Å²) in [4.78, 5) is 14.2. The van der Waals surface area contributed by atoms with Crippen molar-refractivity contribution in [3.05, 3.63) is 83.6 Å². The van der Waals surface area contributed by atoms with Gasteiger partial charge in [0.25, 0.3) is 5.91 Å². The Balaban J connectivity index is 1.53. The molecule has 6 heteroatoms. The summed E-state index contributed by atoms with van der Waals surface area (Å²) in [6, 6.07) is 21.2. The Morgan fingerprint density at radius 3 is 2.46 bits per heavy atom. The van der Waals surface area contributed by atoms with Crippen molar-refractivity contribution in [1.29, 1.82) is 0 Å². The number of nitrogens with one attached hydrogen (secondary N) is 1. The normalized spacial score (nSPS) is 10.4. The molecule has 2 aromatic carbocycles. The fraction of sp³-hybridized carbons (Fsp3) is 0.227. The molecule has 3 rings (SSSR count). The molecule has 1 amide bonds. The molecule has 0 aliphatic carbocycles. The summed E-state index contributed by atoms with van der Waals surface area (Å²) in [5, 5.41) is 11.4. The van der Waals surface area contributed by atoms with Crippen LogP contribution in [0, 0.1) is 0 Å². The van der Waals surface area contributed by atoms with Gasteiger partial charge in [0.1, 0.15) is 11.6 Å². The largest absolute Gasteiger partial charge is 0.496 e. The smallest absolute Gasteiger partial charge is 0.274 e.